The fraction of sp³-hybridized carbons (Fsp3) is 0.200. The van der Waals surface area contributed by atoms with Gasteiger partial charge in [0.15, 0.2) is 4.90 Å². The van der Waals surface area contributed by atoms with Crippen molar-refractivity contribution in [1.82, 2.24) is 14.6 Å². The normalized spacial score (nSPS) is 15.3. The Hall–Kier alpha value is -4.01. The largest absolute Gasteiger partial charge is 0.328 e. The quantitative estimate of drug-likeness (QED) is 0.384. The van der Waals surface area contributed by atoms with Gasteiger partial charge < -0.3 is 4.98 Å². The zero-order valence-corrected chi connectivity index (χ0v) is 22.3. The fourth-order valence-corrected chi connectivity index (χ4v) is 6.44. The van der Waals surface area contributed by atoms with Gasteiger partial charge in [-0.15, -0.1) is 0 Å². The van der Waals surface area contributed by atoms with Crippen LogP contribution in [0.4, 0.5) is 0 Å². The molecule has 194 valence electrons. The minimum Gasteiger partial charge on any atom is -0.328 e. The van der Waals surface area contributed by atoms with Gasteiger partial charge in [0.2, 0.25) is 0 Å². The van der Waals surface area contributed by atoms with Crippen LogP contribution < -0.4 is 10.3 Å². The first-order chi connectivity index (χ1) is 18.2. The molecule has 2 N–H and O–H groups in total. The van der Waals surface area contributed by atoms with E-state index < -0.39 is 32.4 Å². The van der Waals surface area contributed by atoms with Crippen LogP contribution in [0, 0.1) is 20.8 Å². The number of pyridine rings is 1. The van der Waals surface area contributed by atoms with Crippen LogP contribution in [0.5, 0.6) is 0 Å². The maximum Gasteiger partial charge on any atom is 0.269 e. The van der Waals surface area contributed by atoms with Gasteiger partial charge in [0.25, 0.3) is 21.5 Å². The van der Waals surface area contributed by atoms with Crippen molar-refractivity contribution < 1.29 is 13.2 Å². The zero-order valence-electron chi connectivity index (χ0n) is 21.5. The number of hydrogen-bond acceptors (Lipinski definition) is 5. The molecular formula is C30H29N3O4S. The molecule has 0 saturated heterocycles. The number of carbonyl (C=O) groups excluding carboxylic acids is 1. The molecule has 1 atom stereocenters. The summed E-state index contributed by atoms with van der Waals surface area (Å²) in [5.41, 5.74) is 7.47. The zero-order chi connectivity index (χ0) is 27.0. The number of amides is 1. The number of hydrogen-bond donors (Lipinski definition) is 2. The Morgan fingerprint density at radius 3 is 2.37 bits per heavy atom. The third kappa shape index (κ3) is 4.80. The number of nitrogens with zero attached hydrogens (tertiary/aromatic N) is 1. The van der Waals surface area contributed by atoms with Crippen molar-refractivity contribution in [3.63, 3.8) is 0 Å². The molecule has 0 spiro atoms. The summed E-state index contributed by atoms with van der Waals surface area (Å²) in [7, 11) is -4.38. The fourth-order valence-electron chi connectivity index (χ4n) is 5.39. The SMILES string of the molecule is Cc1cc(C)c(CN2Cc3c(-c4ccccc4)cccc3C2C(=O)NS(=O)(=O)c2ccc[nH]c2=O)c(C)c1. The van der Waals surface area contributed by atoms with Gasteiger partial charge in [-0.3, -0.25) is 14.5 Å². The molecule has 1 aliphatic heterocycles. The van der Waals surface area contributed by atoms with Gasteiger partial charge in [-0.25, -0.2) is 13.1 Å². The minimum atomic E-state index is -4.38. The van der Waals surface area contributed by atoms with E-state index in [1.807, 2.05) is 60.4 Å². The molecule has 0 radical (unpaired) electrons. The Kier molecular flexibility index (Phi) is 6.77. The van der Waals surface area contributed by atoms with Crippen molar-refractivity contribution in [2.24, 2.45) is 0 Å². The van der Waals surface area contributed by atoms with E-state index in [4.69, 9.17) is 0 Å². The maximum atomic E-state index is 13.7. The average molecular weight is 528 g/mol. The van der Waals surface area contributed by atoms with Crippen molar-refractivity contribution in [2.75, 3.05) is 0 Å². The predicted octanol–water partition coefficient (Wildman–Crippen LogP) is 4.53. The third-order valence-electron chi connectivity index (χ3n) is 7.07. The number of H-pyrrole nitrogens is 1. The van der Waals surface area contributed by atoms with E-state index in [0.29, 0.717) is 13.1 Å². The average Bonchev–Trinajstić information content (AvgIpc) is 3.25. The Balaban J connectivity index is 1.58. The molecule has 1 amide bonds. The van der Waals surface area contributed by atoms with Crippen LogP contribution in [0.15, 0.2) is 88.7 Å². The standard InChI is InChI=1S/C30H29N3O4S/c1-19-15-20(2)25(21(3)16-19)17-33-18-26-23(22-9-5-4-6-10-22)11-7-12-24(26)28(33)30(35)32-38(36,37)27-13-8-14-31-29(27)34/h4-16,28H,17-18H2,1-3H3,(H,31,34)(H,32,35). The van der Waals surface area contributed by atoms with Crippen molar-refractivity contribution in [2.45, 2.75) is 44.8 Å². The number of aromatic nitrogens is 1. The van der Waals surface area contributed by atoms with Gasteiger partial charge in [0.05, 0.1) is 0 Å². The summed E-state index contributed by atoms with van der Waals surface area (Å²) in [6, 6.07) is 21.7. The van der Waals surface area contributed by atoms with E-state index in [-0.39, 0.29) is 0 Å². The highest BCUT2D eigenvalue weighted by molar-refractivity contribution is 7.90. The van der Waals surface area contributed by atoms with Crippen LogP contribution in [-0.2, 0) is 27.9 Å². The van der Waals surface area contributed by atoms with Gasteiger partial charge in [-0.05, 0) is 71.8 Å². The number of sulfonamides is 1. The van der Waals surface area contributed by atoms with Crippen LogP contribution >= 0.6 is 0 Å². The predicted molar refractivity (Wildman–Crippen MR) is 147 cm³/mol. The number of nitrogens with one attached hydrogen (secondary N) is 2. The Bertz CT molecular complexity index is 1670. The maximum absolute atomic E-state index is 13.7. The lowest BCUT2D eigenvalue weighted by Crippen LogP contribution is -2.41. The summed E-state index contributed by atoms with van der Waals surface area (Å²) in [6.45, 7) is 7.08. The smallest absolute Gasteiger partial charge is 0.269 e. The van der Waals surface area contributed by atoms with Gasteiger partial charge in [0, 0.05) is 19.3 Å². The van der Waals surface area contributed by atoms with Gasteiger partial charge in [-0.2, -0.15) is 0 Å². The van der Waals surface area contributed by atoms with Crippen molar-refractivity contribution in [3.05, 3.63) is 123 Å². The van der Waals surface area contributed by atoms with Crippen LogP contribution in [-0.4, -0.2) is 24.2 Å². The topological polar surface area (TPSA) is 99.3 Å². The number of aromatic amines is 1. The van der Waals surface area contributed by atoms with Crippen molar-refractivity contribution in [1.29, 1.82) is 0 Å². The molecule has 0 bridgehead atoms. The second kappa shape index (κ2) is 10.0. The molecule has 4 aromatic rings. The van der Waals surface area contributed by atoms with Gasteiger partial charge in [-0.1, -0.05) is 66.2 Å². The van der Waals surface area contributed by atoms with Crippen LogP contribution in [0.2, 0.25) is 0 Å². The summed E-state index contributed by atoms with van der Waals surface area (Å²) in [5.74, 6) is -0.695. The Labute approximate surface area is 222 Å². The molecule has 8 heteroatoms. The molecule has 1 aliphatic rings. The molecule has 0 aliphatic carbocycles. The van der Waals surface area contributed by atoms with Crippen LogP contribution in [0.25, 0.3) is 11.1 Å². The summed E-state index contributed by atoms with van der Waals surface area (Å²) in [5, 5.41) is 0. The van der Waals surface area contributed by atoms with E-state index >= 15 is 0 Å². The lowest BCUT2D eigenvalue weighted by atomic mass is 9.95. The number of aryl methyl sites for hydroxylation is 3. The number of fused-ring (bicyclic) bond motifs is 1. The molecule has 3 aromatic carbocycles. The lowest BCUT2D eigenvalue weighted by Gasteiger charge is -2.26. The lowest BCUT2D eigenvalue weighted by molar-refractivity contribution is -0.124. The highest BCUT2D eigenvalue weighted by Crippen LogP contribution is 2.41. The Morgan fingerprint density at radius 2 is 1.68 bits per heavy atom. The first kappa shape index (κ1) is 25.6. The minimum absolute atomic E-state index is 0.463. The van der Waals surface area contributed by atoms with Crippen LogP contribution in [0.3, 0.4) is 0 Å². The molecular weight excluding hydrogens is 498 g/mol. The third-order valence-corrected chi connectivity index (χ3v) is 8.44. The second-order valence-corrected chi connectivity index (χ2v) is 11.4. The first-order valence-corrected chi connectivity index (χ1v) is 13.9. The molecule has 1 aromatic heterocycles. The Morgan fingerprint density at radius 1 is 0.974 bits per heavy atom. The molecule has 0 fully saturated rings. The summed E-state index contributed by atoms with van der Waals surface area (Å²) < 4.78 is 28.3. The van der Waals surface area contributed by atoms with E-state index in [9.17, 15) is 18.0 Å². The molecule has 1 unspecified atom stereocenters. The van der Waals surface area contributed by atoms with E-state index in [1.165, 1.54) is 18.3 Å². The first-order valence-electron chi connectivity index (χ1n) is 12.4. The summed E-state index contributed by atoms with van der Waals surface area (Å²) >= 11 is 0. The molecule has 7 nitrogen and oxygen atoms in total. The highest BCUT2D eigenvalue weighted by Gasteiger charge is 2.39. The summed E-state index contributed by atoms with van der Waals surface area (Å²) in [4.78, 5) is 29.8. The second-order valence-electron chi connectivity index (χ2n) is 9.76. The van der Waals surface area contributed by atoms with E-state index in [1.54, 1.807) is 0 Å². The van der Waals surface area contributed by atoms with Gasteiger partial charge in [0.1, 0.15) is 6.04 Å². The monoisotopic (exact) mass is 527 g/mol. The number of benzene rings is 3. The molecule has 5 rings (SSSR count). The molecule has 38 heavy (non-hydrogen) atoms. The number of carbonyl (C=O) groups is 1. The molecule has 2 heterocycles. The van der Waals surface area contributed by atoms with E-state index in [2.05, 4.69) is 35.7 Å². The van der Waals surface area contributed by atoms with Crippen molar-refractivity contribution >= 4 is 15.9 Å². The highest BCUT2D eigenvalue weighted by atomic mass is 32.2. The van der Waals surface area contributed by atoms with E-state index in [0.717, 1.165) is 44.5 Å². The van der Waals surface area contributed by atoms with Crippen molar-refractivity contribution in [3.8, 4) is 11.1 Å². The number of rotatable bonds is 6. The van der Waals surface area contributed by atoms with Gasteiger partial charge >= 0.3 is 0 Å². The molecule has 0 saturated carbocycles. The van der Waals surface area contributed by atoms with Crippen LogP contribution in [0.1, 0.15) is 39.4 Å². The summed E-state index contributed by atoms with van der Waals surface area (Å²) in [6.07, 6.45) is 1.34.